The van der Waals surface area contributed by atoms with Gasteiger partial charge < -0.3 is 15.6 Å². The number of Topliss-reactive ketones (excluding diaryl/α,β-unsaturated/α-hetero) is 1. The number of urea groups is 1. The lowest BCUT2D eigenvalue weighted by atomic mass is 9.71. The smallest absolute Gasteiger partial charge is 0.314 e. The summed E-state index contributed by atoms with van der Waals surface area (Å²) in [6.07, 6.45) is 7.66. The van der Waals surface area contributed by atoms with Crippen LogP contribution >= 0.6 is 0 Å². The molecule has 0 bridgehead atoms. The summed E-state index contributed by atoms with van der Waals surface area (Å²) in [6.45, 7) is 5.38. The number of H-pyrrole nitrogens is 1. The standard InChI is InChI=1S/C27H30N6O2/c1-26(2)7-5-18(6-8-26)22-14-20(27(17-29)9-11-33(12-10-27)25(30)35)4-3-19(22)13-23(34)24-31-16-21(15-28)32-24/h3-5,14,16H,6-13H2,1-2H3,(H2,30,35)(H,31,32). The van der Waals surface area contributed by atoms with Crippen LogP contribution in [0.4, 0.5) is 4.79 Å². The molecule has 0 unspecified atom stereocenters. The van der Waals surface area contributed by atoms with Crippen LogP contribution in [-0.2, 0) is 11.8 Å². The number of hydrogen-bond donors (Lipinski definition) is 2. The van der Waals surface area contributed by atoms with Gasteiger partial charge in [0, 0.05) is 19.5 Å². The number of ketones is 1. The second-order valence-corrected chi connectivity index (χ2v) is 10.3. The molecule has 0 spiro atoms. The number of piperidine rings is 1. The van der Waals surface area contributed by atoms with E-state index in [1.54, 1.807) is 4.90 Å². The molecular weight excluding hydrogens is 440 g/mol. The number of nitrogens with two attached hydrogens (primary N) is 1. The first kappa shape index (κ1) is 24.2. The highest BCUT2D eigenvalue weighted by atomic mass is 16.2. The Bertz CT molecular complexity index is 1270. The van der Waals surface area contributed by atoms with Gasteiger partial charge in [0.1, 0.15) is 11.8 Å². The van der Waals surface area contributed by atoms with Gasteiger partial charge in [0.2, 0.25) is 5.78 Å². The van der Waals surface area contributed by atoms with E-state index in [2.05, 4.69) is 42.0 Å². The van der Waals surface area contributed by atoms with Crippen molar-refractivity contribution in [2.45, 2.75) is 57.8 Å². The largest absolute Gasteiger partial charge is 0.351 e. The van der Waals surface area contributed by atoms with Crippen molar-refractivity contribution in [2.24, 2.45) is 11.1 Å². The Hall–Kier alpha value is -3.91. The average molecular weight is 471 g/mol. The summed E-state index contributed by atoms with van der Waals surface area (Å²) in [7, 11) is 0. The van der Waals surface area contributed by atoms with E-state index < -0.39 is 11.4 Å². The van der Waals surface area contributed by atoms with Gasteiger partial charge in [-0.2, -0.15) is 10.5 Å². The van der Waals surface area contributed by atoms with Gasteiger partial charge in [0.25, 0.3) is 0 Å². The van der Waals surface area contributed by atoms with Crippen LogP contribution in [0.25, 0.3) is 5.57 Å². The molecule has 3 N–H and O–H groups in total. The number of nitrogens with one attached hydrogen (secondary N) is 1. The highest BCUT2D eigenvalue weighted by Gasteiger charge is 2.38. The number of amides is 2. The van der Waals surface area contributed by atoms with E-state index in [0.29, 0.717) is 25.9 Å². The summed E-state index contributed by atoms with van der Waals surface area (Å²) in [5.74, 6) is -0.0235. The maximum Gasteiger partial charge on any atom is 0.314 e. The van der Waals surface area contributed by atoms with E-state index in [1.807, 2.05) is 18.2 Å². The van der Waals surface area contributed by atoms with Crippen LogP contribution in [0, 0.1) is 28.1 Å². The summed E-state index contributed by atoms with van der Waals surface area (Å²) >= 11 is 0. The molecule has 4 rings (SSSR count). The Morgan fingerprint density at radius 3 is 2.51 bits per heavy atom. The van der Waals surface area contributed by atoms with Crippen LogP contribution in [0.2, 0.25) is 0 Å². The number of allylic oxidation sites excluding steroid dienone is 2. The predicted octanol–water partition coefficient (Wildman–Crippen LogP) is 4.24. The van der Waals surface area contributed by atoms with E-state index >= 15 is 0 Å². The zero-order chi connectivity index (χ0) is 25.2. The molecule has 2 heterocycles. The molecule has 2 aromatic rings. The zero-order valence-corrected chi connectivity index (χ0v) is 20.2. The molecule has 1 aromatic heterocycles. The third-order valence-electron chi connectivity index (χ3n) is 7.43. The summed E-state index contributed by atoms with van der Waals surface area (Å²) in [5.41, 5.74) is 9.18. The fourth-order valence-electron chi connectivity index (χ4n) is 5.00. The molecular formula is C27H30N6O2. The Labute approximate surface area is 205 Å². The first-order chi connectivity index (χ1) is 16.7. The maximum atomic E-state index is 13.0. The van der Waals surface area contributed by atoms with E-state index in [0.717, 1.165) is 36.0 Å². The second-order valence-electron chi connectivity index (χ2n) is 10.3. The van der Waals surface area contributed by atoms with Gasteiger partial charge in [-0.05, 0) is 65.8 Å². The van der Waals surface area contributed by atoms with Crippen LogP contribution < -0.4 is 5.73 Å². The van der Waals surface area contributed by atoms with Crippen LogP contribution in [0.1, 0.15) is 79.0 Å². The topological polar surface area (TPSA) is 140 Å². The van der Waals surface area contributed by atoms with Gasteiger partial charge in [-0.15, -0.1) is 0 Å². The Balaban J connectivity index is 1.70. The lowest BCUT2D eigenvalue weighted by Gasteiger charge is -2.37. The Kier molecular flexibility index (Phi) is 6.49. The number of nitrogens with zero attached hydrogens (tertiary/aromatic N) is 4. The minimum atomic E-state index is -0.708. The van der Waals surface area contributed by atoms with Crippen molar-refractivity contribution < 1.29 is 9.59 Å². The molecule has 1 aliphatic heterocycles. The molecule has 8 heteroatoms. The molecule has 1 fully saturated rings. The number of primary amides is 1. The van der Waals surface area contributed by atoms with Gasteiger partial charge in [0.05, 0.1) is 17.7 Å². The van der Waals surface area contributed by atoms with Crippen LogP contribution in [0.15, 0.2) is 30.5 Å². The number of hydrogen-bond acceptors (Lipinski definition) is 5. The number of rotatable bonds is 5. The maximum absolute atomic E-state index is 13.0. The summed E-state index contributed by atoms with van der Waals surface area (Å²) in [6, 6.07) is 9.97. The van der Waals surface area contributed by atoms with Crippen molar-refractivity contribution in [3.63, 3.8) is 0 Å². The van der Waals surface area contributed by atoms with Crippen LogP contribution in [-0.4, -0.2) is 39.8 Å². The molecule has 2 aliphatic rings. The fraction of sp³-hybridized carbons (Fsp3) is 0.444. The van der Waals surface area contributed by atoms with Gasteiger partial charge in [-0.3, -0.25) is 4.79 Å². The first-order valence-corrected chi connectivity index (χ1v) is 11.9. The number of aromatic nitrogens is 2. The molecule has 0 atom stereocenters. The lowest BCUT2D eigenvalue weighted by Crippen LogP contribution is -2.46. The number of carbonyl (C=O) groups is 2. The van der Waals surface area contributed by atoms with Gasteiger partial charge >= 0.3 is 6.03 Å². The lowest BCUT2D eigenvalue weighted by molar-refractivity contribution is 0.0984. The van der Waals surface area contributed by atoms with E-state index in [4.69, 9.17) is 11.0 Å². The summed E-state index contributed by atoms with van der Waals surface area (Å²) in [4.78, 5) is 32.9. The number of carbonyl (C=O) groups excluding carboxylic acids is 2. The third-order valence-corrected chi connectivity index (χ3v) is 7.43. The fourth-order valence-corrected chi connectivity index (χ4v) is 5.00. The predicted molar refractivity (Wildman–Crippen MR) is 131 cm³/mol. The number of aromatic amines is 1. The van der Waals surface area contributed by atoms with Gasteiger partial charge in [-0.25, -0.2) is 9.78 Å². The number of likely N-dealkylation sites (tertiary alicyclic amines) is 1. The molecule has 1 saturated heterocycles. The minimum absolute atomic E-state index is 0.143. The summed E-state index contributed by atoms with van der Waals surface area (Å²) < 4.78 is 0. The Morgan fingerprint density at radius 1 is 1.20 bits per heavy atom. The minimum Gasteiger partial charge on any atom is -0.351 e. The highest BCUT2D eigenvalue weighted by molar-refractivity contribution is 5.95. The molecule has 1 aromatic carbocycles. The van der Waals surface area contributed by atoms with Crippen molar-refractivity contribution >= 4 is 17.4 Å². The number of imidazole rings is 1. The zero-order valence-electron chi connectivity index (χ0n) is 20.2. The second kappa shape index (κ2) is 9.38. The first-order valence-electron chi connectivity index (χ1n) is 11.9. The molecule has 0 saturated carbocycles. The molecule has 8 nitrogen and oxygen atoms in total. The average Bonchev–Trinajstić information content (AvgIpc) is 3.34. The number of nitriles is 2. The van der Waals surface area contributed by atoms with Crippen LogP contribution in [0.3, 0.4) is 0 Å². The van der Waals surface area contributed by atoms with Crippen LogP contribution in [0.5, 0.6) is 0 Å². The summed E-state index contributed by atoms with van der Waals surface area (Å²) in [5, 5.41) is 19.2. The van der Waals surface area contributed by atoms with E-state index in [9.17, 15) is 14.9 Å². The molecule has 35 heavy (non-hydrogen) atoms. The third kappa shape index (κ3) is 4.97. The molecule has 2 amide bonds. The quantitative estimate of drug-likeness (QED) is 0.629. The Morgan fingerprint density at radius 2 is 1.94 bits per heavy atom. The molecule has 1 aliphatic carbocycles. The van der Waals surface area contributed by atoms with Crippen molar-refractivity contribution in [3.8, 4) is 12.1 Å². The van der Waals surface area contributed by atoms with Crippen molar-refractivity contribution in [2.75, 3.05) is 13.1 Å². The number of benzene rings is 1. The SMILES string of the molecule is CC1(C)CC=C(c2cc(C3(C#N)CCN(C(N)=O)CC3)ccc2CC(=O)c2ncc(C#N)[nH]2)CC1. The van der Waals surface area contributed by atoms with Crippen molar-refractivity contribution in [1.29, 1.82) is 10.5 Å². The van der Waals surface area contributed by atoms with Gasteiger partial charge in [0.15, 0.2) is 5.82 Å². The van der Waals surface area contributed by atoms with E-state index in [-0.39, 0.29) is 29.1 Å². The van der Waals surface area contributed by atoms with Crippen molar-refractivity contribution in [3.05, 3.63) is 58.7 Å². The molecule has 0 radical (unpaired) electrons. The molecule has 180 valence electrons. The van der Waals surface area contributed by atoms with Gasteiger partial charge in [-0.1, -0.05) is 32.1 Å². The highest BCUT2D eigenvalue weighted by Crippen LogP contribution is 2.41. The normalized spacial score (nSPS) is 18.7. The van der Waals surface area contributed by atoms with Crippen molar-refractivity contribution in [1.82, 2.24) is 14.9 Å². The van der Waals surface area contributed by atoms with E-state index in [1.165, 1.54) is 11.8 Å². The monoisotopic (exact) mass is 470 g/mol.